The molecular weight excluding hydrogens is 268 g/mol. The van der Waals surface area contributed by atoms with Gasteiger partial charge >= 0.3 is 0 Å². The Labute approximate surface area is 124 Å². The highest BCUT2D eigenvalue weighted by Crippen LogP contribution is 2.14. The standard InChI is InChI=1S/C16H20N2OS/c1-19-16-7-4-6-14(11-16)5-2-3-9-20-10-8-15-12-17-18-13-15/h2,4-7,11-13H,3,8-10H2,1H3,(H,17,18)/b5-2+. The minimum Gasteiger partial charge on any atom is -0.497 e. The van der Waals surface area contributed by atoms with Crippen molar-refractivity contribution in [1.29, 1.82) is 0 Å². The molecule has 1 aromatic heterocycles. The number of aryl methyl sites for hydroxylation is 1. The number of hydrogen-bond acceptors (Lipinski definition) is 3. The third-order valence-corrected chi connectivity index (χ3v) is 3.94. The van der Waals surface area contributed by atoms with Crippen LogP contribution >= 0.6 is 11.8 Å². The largest absolute Gasteiger partial charge is 0.497 e. The number of aromatic nitrogens is 2. The van der Waals surface area contributed by atoms with Crippen LogP contribution in [-0.2, 0) is 6.42 Å². The fraction of sp³-hybridized carbons (Fsp3) is 0.312. The number of ether oxygens (including phenoxy) is 1. The monoisotopic (exact) mass is 288 g/mol. The summed E-state index contributed by atoms with van der Waals surface area (Å²) in [6, 6.07) is 8.11. The summed E-state index contributed by atoms with van der Waals surface area (Å²) in [6.07, 6.45) is 10.4. The smallest absolute Gasteiger partial charge is 0.119 e. The van der Waals surface area contributed by atoms with Crippen LogP contribution in [0, 0.1) is 0 Å². The summed E-state index contributed by atoms with van der Waals surface area (Å²) in [5, 5.41) is 6.78. The zero-order valence-electron chi connectivity index (χ0n) is 11.7. The molecule has 0 unspecified atom stereocenters. The van der Waals surface area contributed by atoms with Crippen LogP contribution in [0.3, 0.4) is 0 Å². The summed E-state index contributed by atoms with van der Waals surface area (Å²) < 4.78 is 5.20. The molecule has 1 heterocycles. The number of aromatic amines is 1. The molecule has 0 aliphatic carbocycles. The number of hydrogen-bond donors (Lipinski definition) is 1. The predicted molar refractivity (Wildman–Crippen MR) is 86.3 cm³/mol. The molecule has 0 saturated heterocycles. The number of methoxy groups -OCH3 is 1. The fourth-order valence-electron chi connectivity index (χ4n) is 1.82. The van der Waals surface area contributed by atoms with Crippen molar-refractivity contribution in [3.63, 3.8) is 0 Å². The van der Waals surface area contributed by atoms with Crippen LogP contribution < -0.4 is 4.74 Å². The van der Waals surface area contributed by atoms with Gasteiger partial charge in [0.05, 0.1) is 13.3 Å². The highest BCUT2D eigenvalue weighted by Gasteiger charge is 1.94. The number of thioether (sulfide) groups is 1. The van der Waals surface area contributed by atoms with Gasteiger partial charge in [-0.05, 0) is 47.6 Å². The molecule has 0 atom stereocenters. The van der Waals surface area contributed by atoms with Gasteiger partial charge in [0.2, 0.25) is 0 Å². The van der Waals surface area contributed by atoms with E-state index in [1.165, 1.54) is 11.1 Å². The Kier molecular flexibility index (Phi) is 6.24. The number of benzene rings is 1. The molecule has 0 saturated carbocycles. The molecule has 0 radical (unpaired) electrons. The van der Waals surface area contributed by atoms with Crippen molar-refractivity contribution in [2.75, 3.05) is 18.6 Å². The lowest BCUT2D eigenvalue weighted by Gasteiger charge is -2.00. The minimum atomic E-state index is 0.904. The number of nitrogens with zero attached hydrogens (tertiary/aromatic N) is 1. The quantitative estimate of drug-likeness (QED) is 0.751. The van der Waals surface area contributed by atoms with E-state index in [-0.39, 0.29) is 0 Å². The molecule has 3 nitrogen and oxygen atoms in total. The highest BCUT2D eigenvalue weighted by atomic mass is 32.2. The molecule has 0 fully saturated rings. The summed E-state index contributed by atoms with van der Waals surface area (Å²) in [7, 11) is 1.69. The number of H-pyrrole nitrogens is 1. The van der Waals surface area contributed by atoms with Crippen molar-refractivity contribution in [1.82, 2.24) is 10.2 Å². The van der Waals surface area contributed by atoms with Crippen molar-refractivity contribution >= 4 is 17.8 Å². The summed E-state index contributed by atoms with van der Waals surface area (Å²) >= 11 is 1.98. The van der Waals surface area contributed by atoms with Crippen LogP contribution in [0.2, 0.25) is 0 Å². The first-order valence-corrected chi connectivity index (χ1v) is 7.90. The van der Waals surface area contributed by atoms with E-state index in [0.29, 0.717) is 0 Å². The third-order valence-electron chi connectivity index (χ3n) is 2.92. The maximum Gasteiger partial charge on any atom is 0.119 e. The summed E-state index contributed by atoms with van der Waals surface area (Å²) in [6.45, 7) is 0. The number of rotatable bonds is 8. The van der Waals surface area contributed by atoms with E-state index in [0.717, 1.165) is 30.1 Å². The van der Waals surface area contributed by atoms with Gasteiger partial charge in [0.15, 0.2) is 0 Å². The molecule has 0 amide bonds. The Bertz CT molecular complexity index is 523. The van der Waals surface area contributed by atoms with Crippen molar-refractivity contribution in [2.24, 2.45) is 0 Å². The zero-order chi connectivity index (χ0) is 14.0. The van der Waals surface area contributed by atoms with Crippen molar-refractivity contribution in [3.8, 4) is 5.75 Å². The van der Waals surface area contributed by atoms with E-state index in [2.05, 4.69) is 28.4 Å². The highest BCUT2D eigenvalue weighted by molar-refractivity contribution is 7.99. The molecule has 4 heteroatoms. The molecule has 1 N–H and O–H groups in total. The van der Waals surface area contributed by atoms with Gasteiger partial charge in [0.25, 0.3) is 0 Å². The van der Waals surface area contributed by atoms with Gasteiger partial charge in [-0.2, -0.15) is 16.9 Å². The molecule has 0 bridgehead atoms. The normalized spacial score (nSPS) is 11.1. The number of allylic oxidation sites excluding steroid dienone is 1. The lowest BCUT2D eigenvalue weighted by Crippen LogP contribution is -1.87. The minimum absolute atomic E-state index is 0.904. The van der Waals surface area contributed by atoms with Gasteiger partial charge in [-0.1, -0.05) is 24.3 Å². The average molecular weight is 288 g/mol. The fourth-order valence-corrected chi connectivity index (χ4v) is 2.71. The van der Waals surface area contributed by atoms with Gasteiger partial charge in [0, 0.05) is 6.20 Å². The maximum atomic E-state index is 5.20. The lowest BCUT2D eigenvalue weighted by atomic mass is 10.2. The van der Waals surface area contributed by atoms with Crippen molar-refractivity contribution in [2.45, 2.75) is 12.8 Å². The molecule has 0 aliphatic rings. The molecule has 0 aliphatic heterocycles. The first-order valence-electron chi connectivity index (χ1n) is 6.74. The van der Waals surface area contributed by atoms with Gasteiger partial charge < -0.3 is 4.74 Å². The lowest BCUT2D eigenvalue weighted by molar-refractivity contribution is 0.414. The van der Waals surface area contributed by atoms with E-state index in [4.69, 9.17) is 4.74 Å². The predicted octanol–water partition coefficient (Wildman–Crippen LogP) is 3.80. The number of nitrogens with one attached hydrogen (secondary N) is 1. The molecular formula is C16H20N2OS. The Morgan fingerprint density at radius 2 is 2.30 bits per heavy atom. The summed E-state index contributed by atoms with van der Waals surface area (Å²) in [5.41, 5.74) is 2.47. The first kappa shape index (κ1) is 14.7. The van der Waals surface area contributed by atoms with Crippen LogP contribution in [0.1, 0.15) is 17.5 Å². The zero-order valence-corrected chi connectivity index (χ0v) is 12.5. The van der Waals surface area contributed by atoms with Crippen LogP contribution in [0.15, 0.2) is 42.7 Å². The van der Waals surface area contributed by atoms with Crippen LogP contribution in [0.25, 0.3) is 6.08 Å². The molecule has 20 heavy (non-hydrogen) atoms. The molecule has 106 valence electrons. The average Bonchev–Trinajstić information content (AvgIpc) is 3.00. The van der Waals surface area contributed by atoms with Crippen LogP contribution in [0.5, 0.6) is 5.75 Å². The van der Waals surface area contributed by atoms with E-state index in [9.17, 15) is 0 Å². The second-order valence-corrected chi connectivity index (χ2v) is 5.66. The van der Waals surface area contributed by atoms with Gasteiger partial charge in [0.1, 0.15) is 5.75 Å². The SMILES string of the molecule is COc1cccc(/C=C/CCSCCc2cn[nH]c2)c1. The van der Waals surface area contributed by atoms with E-state index >= 15 is 0 Å². The van der Waals surface area contributed by atoms with E-state index < -0.39 is 0 Å². The van der Waals surface area contributed by atoms with Gasteiger partial charge in [-0.3, -0.25) is 5.10 Å². The van der Waals surface area contributed by atoms with E-state index in [1.54, 1.807) is 7.11 Å². The Hall–Kier alpha value is -1.68. The van der Waals surface area contributed by atoms with Crippen molar-refractivity contribution < 1.29 is 4.74 Å². The Morgan fingerprint density at radius 1 is 1.35 bits per heavy atom. The van der Waals surface area contributed by atoms with E-state index in [1.807, 2.05) is 42.4 Å². The van der Waals surface area contributed by atoms with Crippen LogP contribution in [-0.4, -0.2) is 28.8 Å². The second-order valence-electron chi connectivity index (χ2n) is 4.44. The molecule has 2 aromatic rings. The topological polar surface area (TPSA) is 37.9 Å². The second kappa shape index (κ2) is 8.48. The van der Waals surface area contributed by atoms with Crippen molar-refractivity contribution in [3.05, 3.63) is 53.9 Å². The summed E-state index contributed by atoms with van der Waals surface area (Å²) in [5.74, 6) is 3.20. The molecule has 2 rings (SSSR count). The molecule has 1 aromatic carbocycles. The maximum absolute atomic E-state index is 5.20. The Balaban J connectivity index is 1.61. The summed E-state index contributed by atoms with van der Waals surface area (Å²) in [4.78, 5) is 0. The van der Waals surface area contributed by atoms with Gasteiger partial charge in [-0.25, -0.2) is 0 Å². The molecule has 0 spiro atoms. The Morgan fingerprint density at radius 3 is 3.10 bits per heavy atom. The third kappa shape index (κ3) is 5.13. The van der Waals surface area contributed by atoms with Crippen LogP contribution in [0.4, 0.5) is 0 Å². The van der Waals surface area contributed by atoms with Gasteiger partial charge in [-0.15, -0.1) is 0 Å². The first-order chi connectivity index (χ1) is 9.88.